The lowest BCUT2D eigenvalue weighted by Crippen LogP contribution is -2.08. The van der Waals surface area contributed by atoms with E-state index in [1.165, 1.54) is 11.3 Å². The van der Waals surface area contributed by atoms with Gasteiger partial charge in [-0.05, 0) is 12.1 Å². The van der Waals surface area contributed by atoms with Crippen LogP contribution >= 0.6 is 11.3 Å². The lowest BCUT2D eigenvalue weighted by atomic mass is 10.3. The summed E-state index contributed by atoms with van der Waals surface area (Å²) in [6.45, 7) is 0. The fourth-order valence-electron chi connectivity index (χ4n) is 1.40. The Morgan fingerprint density at radius 2 is 2.29 bits per heavy atom. The molecule has 0 unspecified atom stereocenters. The van der Waals surface area contributed by atoms with Crippen molar-refractivity contribution >= 4 is 22.2 Å². The van der Waals surface area contributed by atoms with Crippen molar-refractivity contribution in [1.82, 2.24) is 4.98 Å². The molecule has 2 aromatic rings. The van der Waals surface area contributed by atoms with Gasteiger partial charge in [0, 0.05) is 18.8 Å². The largest absolute Gasteiger partial charge is 0.497 e. The summed E-state index contributed by atoms with van der Waals surface area (Å²) in [5.41, 5.74) is 0.975. The molecule has 17 heavy (non-hydrogen) atoms. The van der Waals surface area contributed by atoms with Gasteiger partial charge in [-0.25, -0.2) is 4.98 Å². The predicted molar refractivity (Wildman–Crippen MR) is 67.9 cm³/mol. The van der Waals surface area contributed by atoms with Crippen LogP contribution in [-0.4, -0.2) is 19.1 Å². The third-order valence-electron chi connectivity index (χ3n) is 2.33. The van der Waals surface area contributed by atoms with E-state index in [0.717, 1.165) is 16.6 Å². The Balaban J connectivity index is 2.30. The third-order valence-corrected chi connectivity index (χ3v) is 3.31. The van der Waals surface area contributed by atoms with Gasteiger partial charge in [0.1, 0.15) is 16.7 Å². The molecule has 0 aliphatic heterocycles. The van der Waals surface area contributed by atoms with Crippen molar-refractivity contribution in [2.75, 3.05) is 19.1 Å². The Morgan fingerprint density at radius 3 is 2.94 bits per heavy atom. The molecular formula is C12H11N3OS. The van der Waals surface area contributed by atoms with Gasteiger partial charge in [0.25, 0.3) is 0 Å². The molecule has 0 bridgehead atoms. The van der Waals surface area contributed by atoms with Crippen molar-refractivity contribution in [2.45, 2.75) is 0 Å². The lowest BCUT2D eigenvalue weighted by molar-refractivity contribution is 0.415. The monoisotopic (exact) mass is 245 g/mol. The average Bonchev–Trinajstić information content (AvgIpc) is 2.86. The number of ether oxygens (including phenoxy) is 1. The van der Waals surface area contributed by atoms with Crippen molar-refractivity contribution in [2.24, 2.45) is 0 Å². The lowest BCUT2D eigenvalue weighted by Gasteiger charge is -2.16. The minimum atomic E-state index is 0.606. The fourth-order valence-corrected chi connectivity index (χ4v) is 2.10. The van der Waals surface area contributed by atoms with Gasteiger partial charge in [-0.1, -0.05) is 17.4 Å². The van der Waals surface area contributed by atoms with Gasteiger partial charge in [-0.15, -0.1) is 0 Å². The standard InChI is InChI=1S/C12H11N3OS/c1-15(12-14-8-11(7-13)17-12)9-4-3-5-10(6-9)16-2/h3-6,8H,1-2H3. The predicted octanol–water partition coefficient (Wildman–Crippen LogP) is 2.79. The van der Waals surface area contributed by atoms with E-state index in [-0.39, 0.29) is 0 Å². The Kier molecular flexibility index (Phi) is 3.26. The first kappa shape index (κ1) is 11.4. The van der Waals surface area contributed by atoms with Gasteiger partial charge < -0.3 is 9.64 Å². The average molecular weight is 245 g/mol. The molecule has 86 valence electrons. The smallest absolute Gasteiger partial charge is 0.190 e. The summed E-state index contributed by atoms with van der Waals surface area (Å²) >= 11 is 1.36. The van der Waals surface area contributed by atoms with Crippen LogP contribution in [0.1, 0.15) is 4.88 Å². The summed E-state index contributed by atoms with van der Waals surface area (Å²) in [7, 11) is 3.55. The summed E-state index contributed by atoms with van der Waals surface area (Å²) in [5.74, 6) is 0.798. The number of hydrogen-bond donors (Lipinski definition) is 0. The van der Waals surface area contributed by atoms with E-state index in [1.54, 1.807) is 13.3 Å². The van der Waals surface area contributed by atoms with Gasteiger partial charge in [-0.2, -0.15) is 5.26 Å². The molecule has 4 nitrogen and oxygen atoms in total. The van der Waals surface area contributed by atoms with E-state index < -0.39 is 0 Å². The van der Waals surface area contributed by atoms with Crippen LogP contribution in [0.15, 0.2) is 30.5 Å². The number of thiazole rings is 1. The molecule has 0 amide bonds. The maximum absolute atomic E-state index is 8.77. The second-order valence-corrected chi connectivity index (χ2v) is 4.39. The first-order valence-electron chi connectivity index (χ1n) is 4.98. The summed E-state index contributed by atoms with van der Waals surface area (Å²) < 4.78 is 5.17. The molecule has 0 aliphatic carbocycles. The molecule has 0 N–H and O–H groups in total. The quantitative estimate of drug-likeness (QED) is 0.834. The number of benzene rings is 1. The molecule has 1 aromatic heterocycles. The normalized spacial score (nSPS) is 9.71. The number of anilines is 2. The van der Waals surface area contributed by atoms with Gasteiger partial charge in [0.05, 0.1) is 13.3 Å². The van der Waals surface area contributed by atoms with Crippen molar-refractivity contribution in [1.29, 1.82) is 5.26 Å². The summed E-state index contributed by atoms with van der Waals surface area (Å²) in [6, 6.07) is 9.78. The van der Waals surface area contributed by atoms with Crippen LogP contribution in [0.4, 0.5) is 10.8 Å². The van der Waals surface area contributed by atoms with E-state index >= 15 is 0 Å². The minimum Gasteiger partial charge on any atom is -0.497 e. The molecule has 0 atom stereocenters. The van der Waals surface area contributed by atoms with Gasteiger partial charge >= 0.3 is 0 Å². The minimum absolute atomic E-state index is 0.606. The van der Waals surface area contributed by atoms with Gasteiger partial charge in [0.15, 0.2) is 5.13 Å². The zero-order chi connectivity index (χ0) is 12.3. The van der Waals surface area contributed by atoms with E-state index in [0.29, 0.717) is 4.88 Å². The molecule has 0 fully saturated rings. The molecule has 0 spiro atoms. The number of rotatable bonds is 3. The van der Waals surface area contributed by atoms with Crippen molar-refractivity contribution in [3.8, 4) is 11.8 Å². The molecule has 1 heterocycles. The van der Waals surface area contributed by atoms with Crippen molar-refractivity contribution in [3.63, 3.8) is 0 Å². The molecule has 0 radical (unpaired) electrons. The number of methoxy groups -OCH3 is 1. The fraction of sp³-hybridized carbons (Fsp3) is 0.167. The van der Waals surface area contributed by atoms with E-state index in [9.17, 15) is 0 Å². The maximum atomic E-state index is 8.77. The third kappa shape index (κ3) is 2.37. The van der Waals surface area contributed by atoms with Crippen LogP contribution in [0.2, 0.25) is 0 Å². The van der Waals surface area contributed by atoms with Gasteiger partial charge in [0.2, 0.25) is 0 Å². The number of nitriles is 1. The van der Waals surface area contributed by atoms with E-state index in [1.807, 2.05) is 36.2 Å². The number of aromatic nitrogens is 1. The van der Waals surface area contributed by atoms with Crippen molar-refractivity contribution < 1.29 is 4.74 Å². The molecule has 0 saturated heterocycles. The molecule has 1 aromatic carbocycles. The van der Waals surface area contributed by atoms with Crippen LogP contribution in [-0.2, 0) is 0 Å². The Labute approximate surface area is 104 Å². The summed E-state index contributed by atoms with van der Waals surface area (Å²) in [4.78, 5) is 6.73. The highest BCUT2D eigenvalue weighted by atomic mass is 32.1. The molecule has 0 saturated carbocycles. The Hall–Kier alpha value is -2.06. The maximum Gasteiger partial charge on any atom is 0.190 e. The van der Waals surface area contributed by atoms with Crippen LogP contribution in [0.5, 0.6) is 5.75 Å². The highest BCUT2D eigenvalue weighted by molar-refractivity contribution is 7.16. The SMILES string of the molecule is COc1cccc(N(C)c2ncc(C#N)s2)c1. The van der Waals surface area contributed by atoms with Crippen molar-refractivity contribution in [3.05, 3.63) is 35.3 Å². The van der Waals surface area contributed by atoms with Gasteiger partial charge in [-0.3, -0.25) is 0 Å². The number of hydrogen-bond acceptors (Lipinski definition) is 5. The highest BCUT2D eigenvalue weighted by Gasteiger charge is 2.09. The first-order chi connectivity index (χ1) is 8.24. The first-order valence-corrected chi connectivity index (χ1v) is 5.80. The second kappa shape index (κ2) is 4.85. The van der Waals surface area contributed by atoms with E-state index in [2.05, 4.69) is 11.1 Å². The molecular weight excluding hydrogens is 234 g/mol. The molecule has 0 aliphatic rings. The van der Waals surface area contributed by atoms with Crippen LogP contribution in [0.25, 0.3) is 0 Å². The highest BCUT2D eigenvalue weighted by Crippen LogP contribution is 2.29. The Bertz CT molecular complexity index is 559. The zero-order valence-electron chi connectivity index (χ0n) is 9.54. The zero-order valence-corrected chi connectivity index (χ0v) is 10.4. The second-order valence-electron chi connectivity index (χ2n) is 3.38. The molecule has 5 heteroatoms. The topological polar surface area (TPSA) is 49.1 Å². The Morgan fingerprint density at radius 1 is 1.47 bits per heavy atom. The molecule has 2 rings (SSSR count). The van der Waals surface area contributed by atoms with Crippen LogP contribution in [0, 0.1) is 11.3 Å². The summed E-state index contributed by atoms with van der Waals surface area (Å²) in [5, 5.41) is 9.55. The van der Waals surface area contributed by atoms with E-state index in [4.69, 9.17) is 10.00 Å². The van der Waals surface area contributed by atoms with Crippen LogP contribution in [0.3, 0.4) is 0 Å². The summed E-state index contributed by atoms with van der Waals surface area (Å²) in [6.07, 6.45) is 1.58. The number of nitrogens with zero attached hydrogens (tertiary/aromatic N) is 3. The van der Waals surface area contributed by atoms with Crippen LogP contribution < -0.4 is 9.64 Å².